The Morgan fingerprint density at radius 1 is 1.13 bits per heavy atom. The number of aryl methyl sites for hydroxylation is 1. The minimum Gasteiger partial charge on any atom is -0.462 e. The van der Waals surface area contributed by atoms with Gasteiger partial charge >= 0.3 is 5.97 Å². The number of hydrogen-bond donors (Lipinski definition) is 0. The topological polar surface area (TPSA) is 132 Å². The van der Waals surface area contributed by atoms with Crippen LogP contribution in [0.2, 0.25) is 0 Å². The van der Waals surface area contributed by atoms with E-state index in [-0.39, 0.29) is 48.6 Å². The predicted molar refractivity (Wildman–Crippen MR) is 140 cm³/mol. The van der Waals surface area contributed by atoms with E-state index in [4.69, 9.17) is 4.74 Å². The highest BCUT2D eigenvalue weighted by Crippen LogP contribution is 2.40. The van der Waals surface area contributed by atoms with Gasteiger partial charge in [-0.05, 0) is 51.7 Å². The molecule has 2 aliphatic heterocycles. The van der Waals surface area contributed by atoms with Gasteiger partial charge in [0.1, 0.15) is 17.4 Å². The van der Waals surface area contributed by atoms with Crippen molar-refractivity contribution >= 4 is 29.4 Å². The van der Waals surface area contributed by atoms with Gasteiger partial charge in [-0.25, -0.2) is 4.68 Å². The second-order valence-corrected chi connectivity index (χ2v) is 10.6. The van der Waals surface area contributed by atoms with Crippen molar-refractivity contribution in [1.29, 1.82) is 0 Å². The fourth-order valence-corrected chi connectivity index (χ4v) is 5.64. The first-order valence-electron chi connectivity index (χ1n) is 13.2. The maximum Gasteiger partial charge on any atom is 0.302 e. The first-order chi connectivity index (χ1) is 18.4. The fraction of sp³-hybridized carbons (Fsp3) is 0.536. The van der Waals surface area contributed by atoms with Gasteiger partial charge in [0.05, 0.1) is 31.2 Å². The average Bonchev–Trinajstić information content (AvgIpc) is 3.48. The lowest BCUT2D eigenvalue weighted by atomic mass is 9.84. The molecule has 0 N–H and O–H groups in total. The number of β-lactam (4-membered cyclic amide) rings is 1. The molecule has 39 heavy (non-hydrogen) atoms. The fourth-order valence-electron chi connectivity index (χ4n) is 5.64. The SMILES string of the molecule is CC(=O)O[C@H](C)[C@H](CC(=O)CN1CC2(CCCN2C(=O)c2nnn(Cc3ccccc3C)c2C)C1=O)C(C)=O. The number of amides is 2. The van der Waals surface area contributed by atoms with Gasteiger partial charge in [-0.2, -0.15) is 0 Å². The molecule has 0 bridgehead atoms. The van der Waals surface area contributed by atoms with E-state index >= 15 is 0 Å². The van der Waals surface area contributed by atoms with Crippen LogP contribution < -0.4 is 0 Å². The number of likely N-dealkylation sites (tertiary alicyclic amines) is 2. The molecule has 0 saturated carbocycles. The number of ketones is 2. The van der Waals surface area contributed by atoms with Crippen LogP contribution in [0.25, 0.3) is 0 Å². The summed E-state index contributed by atoms with van der Waals surface area (Å²) in [5.74, 6) is -2.49. The van der Waals surface area contributed by atoms with Gasteiger partial charge in [-0.1, -0.05) is 29.5 Å². The number of Topliss-reactive ketones (excluding diaryl/α,β-unsaturated/α-hetero) is 2. The molecule has 1 aromatic carbocycles. The summed E-state index contributed by atoms with van der Waals surface area (Å²) in [6, 6.07) is 7.94. The molecule has 0 aliphatic carbocycles. The van der Waals surface area contributed by atoms with Crippen LogP contribution in [-0.4, -0.2) is 85.4 Å². The van der Waals surface area contributed by atoms with Crippen molar-refractivity contribution in [3.05, 3.63) is 46.8 Å². The summed E-state index contributed by atoms with van der Waals surface area (Å²) in [4.78, 5) is 66.0. The molecule has 2 saturated heterocycles. The summed E-state index contributed by atoms with van der Waals surface area (Å²) in [7, 11) is 0. The molecule has 2 aromatic rings. The lowest BCUT2D eigenvalue weighted by Gasteiger charge is -2.50. The van der Waals surface area contributed by atoms with E-state index in [1.165, 1.54) is 18.7 Å². The minimum absolute atomic E-state index is 0.133. The highest BCUT2D eigenvalue weighted by atomic mass is 16.5. The number of rotatable bonds is 10. The zero-order valence-corrected chi connectivity index (χ0v) is 23.1. The van der Waals surface area contributed by atoms with Gasteiger partial charge in [0.15, 0.2) is 11.5 Å². The number of aromatic nitrogens is 3. The van der Waals surface area contributed by atoms with Crippen LogP contribution >= 0.6 is 0 Å². The number of ether oxygens (including phenoxy) is 1. The lowest BCUT2D eigenvalue weighted by Crippen LogP contribution is -2.73. The number of carbonyl (C=O) groups excluding carboxylic acids is 5. The summed E-state index contributed by atoms with van der Waals surface area (Å²) in [6.07, 6.45) is 0.305. The average molecular weight is 538 g/mol. The molecule has 2 amide bonds. The number of benzene rings is 1. The number of esters is 1. The van der Waals surface area contributed by atoms with Crippen molar-refractivity contribution in [2.24, 2.45) is 5.92 Å². The molecular weight excluding hydrogens is 502 g/mol. The van der Waals surface area contributed by atoms with E-state index in [9.17, 15) is 24.0 Å². The van der Waals surface area contributed by atoms with Crippen molar-refractivity contribution in [3.8, 4) is 0 Å². The summed E-state index contributed by atoms with van der Waals surface area (Å²) < 4.78 is 6.79. The van der Waals surface area contributed by atoms with Crippen LogP contribution in [0.15, 0.2) is 24.3 Å². The number of nitrogens with zero attached hydrogens (tertiary/aromatic N) is 5. The zero-order valence-electron chi connectivity index (χ0n) is 23.1. The predicted octanol–water partition coefficient (Wildman–Crippen LogP) is 1.88. The van der Waals surface area contributed by atoms with E-state index in [2.05, 4.69) is 10.3 Å². The van der Waals surface area contributed by atoms with Crippen molar-refractivity contribution in [2.45, 2.75) is 72.1 Å². The Morgan fingerprint density at radius 2 is 1.85 bits per heavy atom. The zero-order chi connectivity index (χ0) is 28.5. The van der Waals surface area contributed by atoms with Crippen LogP contribution in [0.5, 0.6) is 0 Å². The Kier molecular flexibility index (Phi) is 7.99. The van der Waals surface area contributed by atoms with Crippen molar-refractivity contribution in [2.75, 3.05) is 19.6 Å². The second kappa shape index (κ2) is 11.1. The molecule has 1 spiro atoms. The van der Waals surface area contributed by atoms with E-state index in [1.54, 1.807) is 23.4 Å². The van der Waals surface area contributed by atoms with E-state index in [1.807, 2.05) is 31.2 Å². The largest absolute Gasteiger partial charge is 0.462 e. The number of carbonyl (C=O) groups is 5. The standard InChI is InChI=1S/C28H35N5O6/c1-17-9-6-7-10-22(17)14-33-18(2)25(29-30-33)26(37)32-12-8-11-28(32)16-31(27(28)38)15-23(36)13-24(19(3)34)20(4)39-21(5)35/h6-7,9-10,20,24H,8,11-16H2,1-5H3/t20-,24-,28?/m1/s1. The van der Waals surface area contributed by atoms with Gasteiger partial charge < -0.3 is 14.5 Å². The molecule has 4 rings (SSSR count). The molecule has 11 nitrogen and oxygen atoms in total. The van der Waals surface area contributed by atoms with Crippen molar-refractivity contribution < 1.29 is 28.7 Å². The molecule has 11 heteroatoms. The van der Waals surface area contributed by atoms with Crippen LogP contribution in [0.1, 0.15) is 67.3 Å². The highest BCUT2D eigenvalue weighted by molar-refractivity contribution is 6.03. The Bertz CT molecular complexity index is 1320. The quantitative estimate of drug-likeness (QED) is 0.332. The Labute approximate surface area is 227 Å². The molecule has 1 unspecified atom stereocenters. The normalized spacial score (nSPS) is 20.1. The first kappa shape index (κ1) is 28.1. The second-order valence-electron chi connectivity index (χ2n) is 10.6. The van der Waals surface area contributed by atoms with Gasteiger partial charge in [0.2, 0.25) is 0 Å². The monoisotopic (exact) mass is 537 g/mol. The van der Waals surface area contributed by atoms with Gasteiger partial charge in [-0.15, -0.1) is 5.10 Å². The lowest BCUT2D eigenvalue weighted by molar-refractivity contribution is -0.161. The Hall–Kier alpha value is -3.89. The maximum absolute atomic E-state index is 13.6. The van der Waals surface area contributed by atoms with Gasteiger partial charge in [0.25, 0.3) is 11.8 Å². The van der Waals surface area contributed by atoms with E-state index < -0.39 is 23.5 Å². The molecule has 1 aromatic heterocycles. The third kappa shape index (κ3) is 5.48. The third-order valence-corrected chi connectivity index (χ3v) is 7.89. The van der Waals surface area contributed by atoms with Crippen molar-refractivity contribution in [1.82, 2.24) is 24.8 Å². The van der Waals surface area contributed by atoms with Gasteiger partial charge in [0, 0.05) is 19.9 Å². The van der Waals surface area contributed by atoms with E-state index in [0.717, 1.165) is 11.1 Å². The molecule has 0 radical (unpaired) electrons. The Morgan fingerprint density at radius 3 is 2.49 bits per heavy atom. The molecule has 2 fully saturated rings. The smallest absolute Gasteiger partial charge is 0.302 e. The summed E-state index contributed by atoms with van der Waals surface area (Å²) in [5.41, 5.74) is 2.04. The molecule has 2 aliphatic rings. The van der Waals surface area contributed by atoms with Gasteiger partial charge in [-0.3, -0.25) is 24.0 Å². The minimum atomic E-state index is -0.991. The molecule has 208 valence electrons. The molecular formula is C28H35N5O6. The van der Waals surface area contributed by atoms with Crippen LogP contribution in [0.3, 0.4) is 0 Å². The summed E-state index contributed by atoms with van der Waals surface area (Å²) in [6.45, 7) is 8.96. The van der Waals surface area contributed by atoms with Crippen LogP contribution in [0, 0.1) is 19.8 Å². The van der Waals surface area contributed by atoms with Crippen LogP contribution in [-0.2, 0) is 30.5 Å². The van der Waals surface area contributed by atoms with Crippen molar-refractivity contribution in [3.63, 3.8) is 0 Å². The summed E-state index contributed by atoms with van der Waals surface area (Å²) in [5, 5.41) is 8.37. The molecule has 3 heterocycles. The highest BCUT2D eigenvalue weighted by Gasteiger charge is 2.60. The molecule has 3 atom stereocenters. The third-order valence-electron chi connectivity index (χ3n) is 7.89. The summed E-state index contributed by atoms with van der Waals surface area (Å²) >= 11 is 0. The maximum atomic E-state index is 13.6. The number of hydrogen-bond acceptors (Lipinski definition) is 8. The van der Waals surface area contributed by atoms with E-state index in [0.29, 0.717) is 31.6 Å². The van der Waals surface area contributed by atoms with Crippen LogP contribution in [0.4, 0.5) is 0 Å². The first-order valence-corrected chi connectivity index (χ1v) is 13.2. The Balaban J connectivity index is 1.41.